The van der Waals surface area contributed by atoms with Crippen molar-refractivity contribution in [1.29, 1.82) is 0 Å². The fourth-order valence-corrected chi connectivity index (χ4v) is 2.01. The van der Waals surface area contributed by atoms with Gasteiger partial charge in [0.2, 0.25) is 0 Å². The highest BCUT2D eigenvalue weighted by molar-refractivity contribution is 7.99. The van der Waals surface area contributed by atoms with Crippen molar-refractivity contribution in [2.24, 2.45) is 0 Å². The number of benzene rings is 1. The van der Waals surface area contributed by atoms with Crippen molar-refractivity contribution in [3.8, 4) is 0 Å². The fraction of sp³-hybridized carbons (Fsp3) is 0.500. The van der Waals surface area contributed by atoms with Crippen LogP contribution >= 0.6 is 11.8 Å². The zero-order chi connectivity index (χ0) is 12.5. The predicted octanol–water partition coefficient (Wildman–Crippen LogP) is 1.94. The summed E-state index contributed by atoms with van der Waals surface area (Å²) in [5, 5.41) is 9.59. The van der Waals surface area contributed by atoms with Crippen LogP contribution in [-0.2, 0) is 9.47 Å². The van der Waals surface area contributed by atoms with Crippen LogP contribution in [0.15, 0.2) is 29.2 Å². The van der Waals surface area contributed by atoms with Gasteiger partial charge in [0.15, 0.2) is 0 Å². The predicted molar refractivity (Wildman–Crippen MR) is 65.8 cm³/mol. The van der Waals surface area contributed by atoms with Gasteiger partial charge in [-0.3, -0.25) is 0 Å². The van der Waals surface area contributed by atoms with Gasteiger partial charge in [0.1, 0.15) is 5.82 Å². The molecule has 1 aromatic carbocycles. The number of thioether (sulfide) groups is 1. The number of hydrogen-bond donors (Lipinski definition) is 1. The Bertz CT molecular complexity index is 322. The molecule has 0 bridgehead atoms. The molecule has 1 rings (SSSR count). The Labute approximate surface area is 105 Å². The van der Waals surface area contributed by atoms with Gasteiger partial charge in [0.05, 0.1) is 25.9 Å². The van der Waals surface area contributed by atoms with Crippen molar-refractivity contribution in [3.05, 3.63) is 30.1 Å². The minimum atomic E-state index is -0.600. The topological polar surface area (TPSA) is 38.7 Å². The van der Waals surface area contributed by atoms with E-state index < -0.39 is 6.10 Å². The second kappa shape index (κ2) is 8.47. The summed E-state index contributed by atoms with van der Waals surface area (Å²) >= 11 is 1.28. The molecule has 0 aromatic heterocycles. The van der Waals surface area contributed by atoms with Gasteiger partial charge in [0, 0.05) is 17.8 Å². The molecule has 0 heterocycles. The first-order valence-corrected chi connectivity index (χ1v) is 6.34. The van der Waals surface area contributed by atoms with Crippen molar-refractivity contribution in [1.82, 2.24) is 0 Å². The highest BCUT2D eigenvalue weighted by atomic mass is 32.2. The second-order valence-corrected chi connectivity index (χ2v) is 4.52. The lowest BCUT2D eigenvalue weighted by molar-refractivity contribution is 0.0218. The molecule has 1 N–H and O–H groups in total. The van der Waals surface area contributed by atoms with E-state index in [1.807, 2.05) is 0 Å². The van der Waals surface area contributed by atoms with Crippen molar-refractivity contribution in [3.63, 3.8) is 0 Å². The molecule has 1 unspecified atom stereocenters. The zero-order valence-corrected chi connectivity index (χ0v) is 10.6. The summed E-state index contributed by atoms with van der Waals surface area (Å²) in [7, 11) is 1.59. The van der Waals surface area contributed by atoms with E-state index in [9.17, 15) is 9.50 Å². The molecular formula is C12H17FO3S. The molecule has 0 aliphatic rings. The Kier molecular flexibility index (Phi) is 7.19. The molecule has 0 radical (unpaired) electrons. The smallest absolute Gasteiger partial charge is 0.136 e. The molecule has 5 heteroatoms. The van der Waals surface area contributed by atoms with Gasteiger partial charge in [0.25, 0.3) is 0 Å². The first kappa shape index (κ1) is 14.4. The molecule has 0 aliphatic carbocycles. The third-order valence-corrected chi connectivity index (χ3v) is 3.20. The Morgan fingerprint density at radius 1 is 1.35 bits per heavy atom. The highest BCUT2D eigenvalue weighted by Gasteiger charge is 2.07. The quantitative estimate of drug-likeness (QED) is 0.573. The SMILES string of the molecule is COCCOCC(O)CSc1ccccc1F. The lowest BCUT2D eigenvalue weighted by Crippen LogP contribution is -2.19. The van der Waals surface area contributed by atoms with Crippen LogP contribution in [-0.4, -0.2) is 43.9 Å². The summed E-state index contributed by atoms with van der Waals surface area (Å²) in [5.74, 6) is 0.151. The van der Waals surface area contributed by atoms with E-state index in [4.69, 9.17) is 9.47 Å². The van der Waals surface area contributed by atoms with Gasteiger partial charge in [-0.15, -0.1) is 11.8 Å². The number of ether oxygens (including phenoxy) is 2. The normalized spacial score (nSPS) is 12.6. The van der Waals surface area contributed by atoms with Crippen LogP contribution < -0.4 is 0 Å². The van der Waals surface area contributed by atoms with Gasteiger partial charge in [-0.25, -0.2) is 4.39 Å². The monoisotopic (exact) mass is 260 g/mol. The maximum atomic E-state index is 13.2. The first-order chi connectivity index (χ1) is 8.24. The molecule has 17 heavy (non-hydrogen) atoms. The molecule has 3 nitrogen and oxygen atoms in total. The molecular weight excluding hydrogens is 243 g/mol. The Morgan fingerprint density at radius 2 is 2.12 bits per heavy atom. The van der Waals surface area contributed by atoms with Gasteiger partial charge >= 0.3 is 0 Å². The summed E-state index contributed by atoms with van der Waals surface area (Å²) in [5.41, 5.74) is 0. The van der Waals surface area contributed by atoms with Crippen molar-refractivity contribution >= 4 is 11.8 Å². The van der Waals surface area contributed by atoms with Crippen LogP contribution in [0, 0.1) is 5.82 Å². The Hall–Kier alpha value is -0.620. The summed E-state index contributed by atoms with van der Waals surface area (Å²) in [6.07, 6.45) is -0.600. The molecule has 0 amide bonds. The molecule has 0 saturated carbocycles. The van der Waals surface area contributed by atoms with Gasteiger partial charge < -0.3 is 14.6 Å². The lowest BCUT2D eigenvalue weighted by Gasteiger charge is -2.11. The number of rotatable bonds is 8. The van der Waals surface area contributed by atoms with Gasteiger partial charge in [-0.1, -0.05) is 12.1 Å². The van der Waals surface area contributed by atoms with Crippen LogP contribution in [0.3, 0.4) is 0 Å². The average molecular weight is 260 g/mol. The average Bonchev–Trinajstić information content (AvgIpc) is 2.34. The number of halogens is 1. The van der Waals surface area contributed by atoms with Crippen LogP contribution in [0.1, 0.15) is 0 Å². The Balaban J connectivity index is 2.19. The van der Waals surface area contributed by atoms with Crippen molar-refractivity contribution < 1.29 is 19.0 Å². The maximum absolute atomic E-state index is 13.2. The summed E-state index contributed by atoms with van der Waals surface area (Å²) in [6.45, 7) is 1.20. The van der Waals surface area contributed by atoms with Crippen LogP contribution in [0.5, 0.6) is 0 Å². The Morgan fingerprint density at radius 3 is 2.82 bits per heavy atom. The molecule has 0 spiro atoms. The summed E-state index contributed by atoms with van der Waals surface area (Å²) < 4.78 is 23.2. The van der Waals surface area contributed by atoms with E-state index in [0.29, 0.717) is 23.9 Å². The largest absolute Gasteiger partial charge is 0.390 e. The van der Waals surface area contributed by atoms with Crippen molar-refractivity contribution in [2.45, 2.75) is 11.0 Å². The molecule has 0 fully saturated rings. The van der Waals surface area contributed by atoms with E-state index in [0.717, 1.165) is 0 Å². The van der Waals surface area contributed by atoms with E-state index >= 15 is 0 Å². The zero-order valence-electron chi connectivity index (χ0n) is 9.77. The van der Waals surface area contributed by atoms with Crippen LogP contribution in [0.4, 0.5) is 4.39 Å². The van der Waals surface area contributed by atoms with Crippen molar-refractivity contribution in [2.75, 3.05) is 32.7 Å². The molecule has 0 saturated heterocycles. The standard InChI is InChI=1S/C12H17FO3S/c1-15-6-7-16-8-10(14)9-17-12-5-3-2-4-11(12)13/h2-5,10,14H,6-9H2,1H3. The van der Waals surface area contributed by atoms with E-state index in [1.54, 1.807) is 25.3 Å². The fourth-order valence-electron chi connectivity index (χ4n) is 1.16. The van der Waals surface area contributed by atoms with Crippen LogP contribution in [0.2, 0.25) is 0 Å². The first-order valence-electron chi connectivity index (χ1n) is 5.36. The number of methoxy groups -OCH3 is 1. The highest BCUT2D eigenvalue weighted by Crippen LogP contribution is 2.21. The third-order valence-electron chi connectivity index (χ3n) is 2.01. The van der Waals surface area contributed by atoms with E-state index in [1.165, 1.54) is 17.8 Å². The van der Waals surface area contributed by atoms with Crippen LogP contribution in [0.25, 0.3) is 0 Å². The molecule has 1 aromatic rings. The second-order valence-electron chi connectivity index (χ2n) is 3.46. The number of aliphatic hydroxyl groups excluding tert-OH is 1. The molecule has 96 valence electrons. The molecule has 1 atom stereocenters. The summed E-state index contributed by atoms with van der Waals surface area (Å²) in [6, 6.07) is 6.51. The summed E-state index contributed by atoms with van der Waals surface area (Å²) in [4.78, 5) is 0.545. The van der Waals surface area contributed by atoms with Gasteiger partial charge in [-0.05, 0) is 12.1 Å². The lowest BCUT2D eigenvalue weighted by atomic mass is 10.3. The third kappa shape index (κ3) is 6.02. The van der Waals surface area contributed by atoms with E-state index in [-0.39, 0.29) is 12.4 Å². The minimum Gasteiger partial charge on any atom is -0.390 e. The van der Waals surface area contributed by atoms with E-state index in [2.05, 4.69) is 0 Å². The molecule has 0 aliphatic heterocycles. The number of hydrogen-bond acceptors (Lipinski definition) is 4. The maximum Gasteiger partial charge on any atom is 0.136 e. The van der Waals surface area contributed by atoms with Gasteiger partial charge in [-0.2, -0.15) is 0 Å². The minimum absolute atomic E-state index is 0.241. The number of aliphatic hydroxyl groups is 1.